The first-order chi connectivity index (χ1) is 9.02. The van der Waals surface area contributed by atoms with Crippen molar-refractivity contribution in [1.82, 2.24) is 10.3 Å². The summed E-state index contributed by atoms with van der Waals surface area (Å²) in [5.74, 6) is 0.488. The Morgan fingerprint density at radius 1 is 1.21 bits per heavy atom. The van der Waals surface area contributed by atoms with Gasteiger partial charge >= 0.3 is 0 Å². The predicted octanol–water partition coefficient (Wildman–Crippen LogP) is 4.19. The highest BCUT2D eigenvalue weighted by Crippen LogP contribution is 2.29. The van der Waals surface area contributed by atoms with E-state index < -0.39 is 0 Å². The zero-order chi connectivity index (χ0) is 14.0. The van der Waals surface area contributed by atoms with Gasteiger partial charge in [0.2, 0.25) is 0 Å². The molecule has 1 aromatic carbocycles. The van der Waals surface area contributed by atoms with Gasteiger partial charge in [-0.1, -0.05) is 37.6 Å². The second kappa shape index (κ2) is 5.85. The average molecular weight is 274 g/mol. The zero-order valence-corrected chi connectivity index (χ0v) is 13.1. The van der Waals surface area contributed by atoms with E-state index in [1.165, 1.54) is 22.4 Å². The molecule has 0 spiro atoms. The number of hydrogen-bond donors (Lipinski definition) is 1. The predicted molar refractivity (Wildman–Crippen MR) is 83.0 cm³/mol. The van der Waals surface area contributed by atoms with Crippen molar-refractivity contribution < 1.29 is 0 Å². The Bertz CT molecular complexity index is 558. The number of aryl methyl sites for hydroxylation is 2. The fourth-order valence-electron chi connectivity index (χ4n) is 2.26. The third-order valence-corrected chi connectivity index (χ3v) is 4.33. The maximum Gasteiger partial charge on any atom is 0.114 e. The molecule has 0 amide bonds. The first-order valence-electron chi connectivity index (χ1n) is 6.72. The minimum Gasteiger partial charge on any atom is -0.307 e. The van der Waals surface area contributed by atoms with Crippen LogP contribution in [-0.4, -0.2) is 12.0 Å². The SMILES string of the molecule is CNC(c1nc(C(C)C)cs1)c1ccc(C)cc1C. The van der Waals surface area contributed by atoms with Gasteiger partial charge in [-0.25, -0.2) is 4.98 Å². The first-order valence-corrected chi connectivity index (χ1v) is 7.60. The van der Waals surface area contributed by atoms with Crippen molar-refractivity contribution in [2.45, 2.75) is 39.7 Å². The molecule has 2 nitrogen and oxygen atoms in total. The van der Waals surface area contributed by atoms with Crippen LogP contribution in [0.25, 0.3) is 0 Å². The van der Waals surface area contributed by atoms with Gasteiger partial charge < -0.3 is 5.32 Å². The Morgan fingerprint density at radius 3 is 2.47 bits per heavy atom. The largest absolute Gasteiger partial charge is 0.307 e. The Labute approximate surface area is 119 Å². The van der Waals surface area contributed by atoms with Crippen LogP contribution in [0.5, 0.6) is 0 Å². The van der Waals surface area contributed by atoms with E-state index in [1.54, 1.807) is 11.3 Å². The summed E-state index contributed by atoms with van der Waals surface area (Å²) in [6, 6.07) is 6.81. The molecule has 3 heteroatoms. The van der Waals surface area contributed by atoms with Crippen LogP contribution in [-0.2, 0) is 0 Å². The lowest BCUT2D eigenvalue weighted by Crippen LogP contribution is -2.18. The average Bonchev–Trinajstić information content (AvgIpc) is 2.82. The van der Waals surface area contributed by atoms with E-state index >= 15 is 0 Å². The van der Waals surface area contributed by atoms with Gasteiger partial charge in [-0.3, -0.25) is 0 Å². The minimum absolute atomic E-state index is 0.193. The van der Waals surface area contributed by atoms with Crippen LogP contribution in [0.4, 0.5) is 0 Å². The summed E-state index contributed by atoms with van der Waals surface area (Å²) in [5.41, 5.74) is 5.13. The summed E-state index contributed by atoms with van der Waals surface area (Å²) in [7, 11) is 2.00. The molecule has 0 aliphatic heterocycles. The van der Waals surface area contributed by atoms with Crippen LogP contribution in [0.2, 0.25) is 0 Å². The molecule has 0 aliphatic rings. The number of aromatic nitrogens is 1. The number of nitrogens with zero attached hydrogens (tertiary/aromatic N) is 1. The van der Waals surface area contributed by atoms with Crippen LogP contribution >= 0.6 is 11.3 Å². The minimum atomic E-state index is 0.193. The number of thiazole rings is 1. The highest BCUT2D eigenvalue weighted by molar-refractivity contribution is 7.09. The van der Waals surface area contributed by atoms with E-state index in [1.807, 2.05) is 7.05 Å². The summed E-state index contributed by atoms with van der Waals surface area (Å²) in [6.07, 6.45) is 0. The molecule has 0 saturated heterocycles. The molecule has 0 bridgehead atoms. The second-order valence-electron chi connectivity index (χ2n) is 5.35. The van der Waals surface area contributed by atoms with Gasteiger partial charge in [-0.2, -0.15) is 0 Å². The van der Waals surface area contributed by atoms with Crippen LogP contribution in [0.15, 0.2) is 23.6 Å². The number of nitrogens with one attached hydrogen (secondary N) is 1. The van der Waals surface area contributed by atoms with Crippen molar-refractivity contribution in [2.24, 2.45) is 0 Å². The molecule has 1 heterocycles. The summed E-state index contributed by atoms with van der Waals surface area (Å²) in [6.45, 7) is 8.67. The lowest BCUT2D eigenvalue weighted by atomic mass is 9.99. The normalized spacial score (nSPS) is 12.9. The van der Waals surface area contributed by atoms with E-state index in [-0.39, 0.29) is 6.04 Å². The highest BCUT2D eigenvalue weighted by Gasteiger charge is 2.18. The number of hydrogen-bond acceptors (Lipinski definition) is 3. The maximum atomic E-state index is 4.78. The van der Waals surface area contributed by atoms with Crippen LogP contribution in [0, 0.1) is 13.8 Å². The molecular formula is C16H22N2S. The Morgan fingerprint density at radius 2 is 1.95 bits per heavy atom. The van der Waals surface area contributed by atoms with Crippen molar-refractivity contribution in [3.63, 3.8) is 0 Å². The molecule has 1 atom stereocenters. The molecule has 0 saturated carbocycles. The third-order valence-electron chi connectivity index (χ3n) is 3.40. The number of rotatable bonds is 4. The van der Waals surface area contributed by atoms with Crippen molar-refractivity contribution in [2.75, 3.05) is 7.05 Å². The molecular weight excluding hydrogens is 252 g/mol. The Hall–Kier alpha value is -1.19. The highest BCUT2D eigenvalue weighted by atomic mass is 32.1. The summed E-state index contributed by atoms with van der Waals surface area (Å²) < 4.78 is 0. The van der Waals surface area contributed by atoms with Crippen molar-refractivity contribution in [3.8, 4) is 0 Å². The monoisotopic (exact) mass is 274 g/mol. The smallest absolute Gasteiger partial charge is 0.114 e. The van der Waals surface area contributed by atoms with E-state index in [9.17, 15) is 0 Å². The number of benzene rings is 1. The fourth-order valence-corrected chi connectivity index (χ4v) is 3.37. The first kappa shape index (κ1) is 14.2. The summed E-state index contributed by atoms with van der Waals surface area (Å²) in [4.78, 5) is 4.78. The van der Waals surface area contributed by atoms with Gasteiger partial charge in [-0.15, -0.1) is 11.3 Å². The third kappa shape index (κ3) is 3.04. The van der Waals surface area contributed by atoms with Crippen LogP contribution < -0.4 is 5.32 Å². The molecule has 1 N–H and O–H groups in total. The Kier molecular flexibility index (Phi) is 4.38. The molecule has 1 aromatic heterocycles. The molecule has 0 radical (unpaired) electrons. The quantitative estimate of drug-likeness (QED) is 0.904. The van der Waals surface area contributed by atoms with E-state index in [0.29, 0.717) is 5.92 Å². The summed E-state index contributed by atoms with van der Waals surface area (Å²) in [5, 5.41) is 6.72. The fraction of sp³-hybridized carbons (Fsp3) is 0.438. The summed E-state index contributed by atoms with van der Waals surface area (Å²) >= 11 is 1.74. The topological polar surface area (TPSA) is 24.9 Å². The molecule has 0 aliphatic carbocycles. The molecule has 2 rings (SSSR count). The van der Waals surface area contributed by atoms with E-state index in [4.69, 9.17) is 4.98 Å². The van der Waals surface area contributed by atoms with Crippen molar-refractivity contribution in [3.05, 3.63) is 51.0 Å². The van der Waals surface area contributed by atoms with Gasteiger partial charge in [0, 0.05) is 5.38 Å². The van der Waals surface area contributed by atoms with E-state index in [2.05, 4.69) is 56.6 Å². The van der Waals surface area contributed by atoms with Gasteiger partial charge in [0.1, 0.15) is 5.01 Å². The van der Waals surface area contributed by atoms with Crippen molar-refractivity contribution >= 4 is 11.3 Å². The zero-order valence-electron chi connectivity index (χ0n) is 12.3. The molecule has 102 valence electrons. The van der Waals surface area contributed by atoms with Gasteiger partial charge in [0.25, 0.3) is 0 Å². The molecule has 19 heavy (non-hydrogen) atoms. The van der Waals surface area contributed by atoms with Gasteiger partial charge in [0.15, 0.2) is 0 Å². The van der Waals surface area contributed by atoms with Gasteiger partial charge in [-0.05, 0) is 37.9 Å². The molecule has 1 unspecified atom stereocenters. The maximum absolute atomic E-state index is 4.78. The standard InChI is InChI=1S/C16H22N2S/c1-10(2)14-9-19-16(18-14)15(17-5)13-7-6-11(3)8-12(13)4/h6-10,15,17H,1-5H3. The Balaban J connectivity index is 2.38. The lowest BCUT2D eigenvalue weighted by molar-refractivity contribution is 0.675. The second-order valence-corrected chi connectivity index (χ2v) is 6.24. The molecule has 2 aromatic rings. The van der Waals surface area contributed by atoms with Crippen molar-refractivity contribution in [1.29, 1.82) is 0 Å². The molecule has 0 fully saturated rings. The van der Waals surface area contributed by atoms with Crippen LogP contribution in [0.1, 0.15) is 53.2 Å². The van der Waals surface area contributed by atoms with E-state index in [0.717, 1.165) is 5.01 Å². The lowest BCUT2D eigenvalue weighted by Gasteiger charge is -2.17. The van der Waals surface area contributed by atoms with Crippen LogP contribution in [0.3, 0.4) is 0 Å². The van der Waals surface area contributed by atoms with Gasteiger partial charge in [0.05, 0.1) is 11.7 Å².